The molecule has 0 radical (unpaired) electrons. The molecule has 0 aromatic heterocycles. The van der Waals surface area contributed by atoms with Crippen molar-refractivity contribution in [3.63, 3.8) is 0 Å². The first kappa shape index (κ1) is 21.4. The second kappa shape index (κ2) is 9.15. The van der Waals surface area contributed by atoms with Crippen LogP contribution in [0.1, 0.15) is 10.4 Å². The first-order valence-corrected chi connectivity index (χ1v) is 10.2. The number of anilines is 2. The van der Waals surface area contributed by atoms with Crippen molar-refractivity contribution in [2.75, 3.05) is 43.4 Å². The molecule has 2 aromatic carbocycles. The molecule has 0 bridgehead atoms. The van der Waals surface area contributed by atoms with Crippen molar-refractivity contribution in [3.8, 4) is 0 Å². The van der Waals surface area contributed by atoms with E-state index in [1.54, 1.807) is 29.2 Å². The van der Waals surface area contributed by atoms with Crippen molar-refractivity contribution < 1.29 is 23.6 Å². The van der Waals surface area contributed by atoms with Crippen LogP contribution in [0.3, 0.4) is 0 Å². The third-order valence-corrected chi connectivity index (χ3v) is 5.44. The molecule has 2 aromatic rings. The summed E-state index contributed by atoms with van der Waals surface area (Å²) in [5.41, 5.74) is 1.07. The van der Waals surface area contributed by atoms with E-state index in [0.29, 0.717) is 37.6 Å². The lowest BCUT2D eigenvalue weighted by Crippen LogP contribution is -2.65. The number of halogens is 1. The van der Waals surface area contributed by atoms with Crippen LogP contribution >= 0.6 is 0 Å². The van der Waals surface area contributed by atoms with Gasteiger partial charge in [-0.15, -0.1) is 0 Å². The molecule has 3 N–H and O–H groups in total. The van der Waals surface area contributed by atoms with Gasteiger partial charge in [0.15, 0.2) is 0 Å². The number of nitrogens with one attached hydrogen (secondary N) is 3. The summed E-state index contributed by atoms with van der Waals surface area (Å²) in [5.74, 6) is -2.27. The second-order valence-corrected chi connectivity index (χ2v) is 7.65. The number of piperazine rings is 2. The highest BCUT2D eigenvalue weighted by molar-refractivity contribution is 6.35. The quantitative estimate of drug-likeness (QED) is 0.593. The van der Waals surface area contributed by atoms with E-state index in [0.717, 1.165) is 0 Å². The molecule has 4 amide bonds. The van der Waals surface area contributed by atoms with Gasteiger partial charge in [0, 0.05) is 31.9 Å². The number of carbonyl (C=O) groups excluding carboxylic acids is 4. The van der Waals surface area contributed by atoms with E-state index in [1.165, 1.54) is 24.3 Å². The summed E-state index contributed by atoms with van der Waals surface area (Å²) in [6.07, 6.45) is 0. The Labute approximate surface area is 183 Å². The Balaban J connectivity index is 1.37. The molecular formula is C22H22FN5O4. The van der Waals surface area contributed by atoms with Crippen LogP contribution in [-0.2, 0) is 14.4 Å². The van der Waals surface area contributed by atoms with Gasteiger partial charge < -0.3 is 20.9 Å². The van der Waals surface area contributed by atoms with E-state index in [1.807, 2.05) is 4.90 Å². The van der Waals surface area contributed by atoms with E-state index < -0.39 is 23.5 Å². The van der Waals surface area contributed by atoms with Crippen LogP contribution in [0.15, 0.2) is 48.5 Å². The molecule has 0 spiro atoms. The Morgan fingerprint density at radius 1 is 1.03 bits per heavy atom. The zero-order chi connectivity index (χ0) is 22.7. The van der Waals surface area contributed by atoms with Crippen molar-refractivity contribution in [2.24, 2.45) is 0 Å². The van der Waals surface area contributed by atoms with Gasteiger partial charge in [-0.25, -0.2) is 4.39 Å². The van der Waals surface area contributed by atoms with Crippen molar-refractivity contribution in [1.82, 2.24) is 15.1 Å². The predicted octanol–water partition coefficient (Wildman–Crippen LogP) is 0.659. The maximum Gasteiger partial charge on any atom is 0.312 e. The Bertz CT molecular complexity index is 1060. The average Bonchev–Trinajstić information content (AvgIpc) is 2.78. The zero-order valence-electron chi connectivity index (χ0n) is 17.1. The number of fused-ring (bicyclic) bond motifs is 1. The normalized spacial score (nSPS) is 18.5. The average molecular weight is 439 g/mol. The van der Waals surface area contributed by atoms with E-state index in [9.17, 15) is 23.6 Å². The molecule has 9 nitrogen and oxygen atoms in total. The van der Waals surface area contributed by atoms with Gasteiger partial charge in [-0.1, -0.05) is 12.1 Å². The topological polar surface area (TPSA) is 111 Å². The van der Waals surface area contributed by atoms with Crippen LogP contribution in [0.4, 0.5) is 15.8 Å². The molecule has 2 fully saturated rings. The molecular weight excluding hydrogens is 417 g/mol. The molecule has 4 rings (SSSR count). The summed E-state index contributed by atoms with van der Waals surface area (Å²) in [6, 6.07) is 11.8. The lowest BCUT2D eigenvalue weighted by molar-refractivity contribution is -0.152. The molecule has 10 heteroatoms. The lowest BCUT2D eigenvalue weighted by Gasteiger charge is -2.43. The SMILES string of the molecule is O=C(CN1CCN2C(=O)C(=O)NCC2C1)Nc1ccccc1C(=O)Nc1ccc(F)cc1. The van der Waals surface area contributed by atoms with Crippen LogP contribution < -0.4 is 16.0 Å². The zero-order valence-corrected chi connectivity index (χ0v) is 17.1. The third kappa shape index (κ3) is 4.75. The second-order valence-electron chi connectivity index (χ2n) is 7.65. The van der Waals surface area contributed by atoms with Crippen LogP contribution in [0.5, 0.6) is 0 Å². The van der Waals surface area contributed by atoms with Gasteiger partial charge in [0.1, 0.15) is 5.82 Å². The van der Waals surface area contributed by atoms with Crippen LogP contribution in [0.25, 0.3) is 0 Å². The monoisotopic (exact) mass is 439 g/mol. The van der Waals surface area contributed by atoms with E-state index in [4.69, 9.17) is 0 Å². The fourth-order valence-corrected chi connectivity index (χ4v) is 3.84. The van der Waals surface area contributed by atoms with Gasteiger partial charge in [0.05, 0.1) is 23.8 Å². The summed E-state index contributed by atoms with van der Waals surface area (Å²) in [4.78, 5) is 52.2. The number of rotatable bonds is 5. The van der Waals surface area contributed by atoms with Crippen molar-refractivity contribution in [1.29, 1.82) is 0 Å². The van der Waals surface area contributed by atoms with Gasteiger partial charge in [-0.05, 0) is 36.4 Å². The molecule has 2 heterocycles. The summed E-state index contributed by atoms with van der Waals surface area (Å²) < 4.78 is 13.1. The van der Waals surface area contributed by atoms with Gasteiger partial charge in [0.2, 0.25) is 5.91 Å². The summed E-state index contributed by atoms with van der Waals surface area (Å²) >= 11 is 0. The van der Waals surface area contributed by atoms with E-state index >= 15 is 0 Å². The fourth-order valence-electron chi connectivity index (χ4n) is 3.84. The van der Waals surface area contributed by atoms with Crippen molar-refractivity contribution in [2.45, 2.75) is 6.04 Å². The van der Waals surface area contributed by atoms with Gasteiger partial charge >= 0.3 is 11.8 Å². The molecule has 2 aliphatic rings. The molecule has 2 aliphatic heterocycles. The van der Waals surface area contributed by atoms with E-state index in [-0.39, 0.29) is 24.1 Å². The van der Waals surface area contributed by atoms with Crippen LogP contribution in [0.2, 0.25) is 0 Å². The number of carbonyl (C=O) groups is 4. The number of benzene rings is 2. The predicted molar refractivity (Wildman–Crippen MR) is 114 cm³/mol. The molecule has 32 heavy (non-hydrogen) atoms. The van der Waals surface area contributed by atoms with E-state index in [2.05, 4.69) is 16.0 Å². The first-order chi connectivity index (χ1) is 15.4. The molecule has 1 unspecified atom stereocenters. The maximum absolute atomic E-state index is 13.1. The summed E-state index contributed by atoms with van der Waals surface area (Å²) in [6.45, 7) is 1.75. The maximum atomic E-state index is 13.1. The standard InChI is InChI=1S/C22H22FN5O4/c23-14-5-7-15(8-6-14)25-20(30)17-3-1-2-4-18(17)26-19(29)13-27-9-10-28-16(12-27)11-24-21(31)22(28)32/h1-8,16H,9-13H2,(H,24,31)(H,25,30)(H,26,29). The largest absolute Gasteiger partial charge is 0.346 e. The minimum absolute atomic E-state index is 0.0837. The molecule has 0 aliphatic carbocycles. The Morgan fingerprint density at radius 3 is 2.56 bits per heavy atom. The van der Waals surface area contributed by atoms with Crippen LogP contribution in [0, 0.1) is 5.82 Å². The highest BCUT2D eigenvalue weighted by Crippen LogP contribution is 2.18. The van der Waals surface area contributed by atoms with Crippen molar-refractivity contribution >= 4 is 35.0 Å². The first-order valence-electron chi connectivity index (χ1n) is 10.2. The number of nitrogens with zero attached hydrogens (tertiary/aromatic N) is 2. The molecule has 0 saturated carbocycles. The fraction of sp³-hybridized carbons (Fsp3) is 0.273. The highest BCUT2D eigenvalue weighted by atomic mass is 19.1. The highest BCUT2D eigenvalue weighted by Gasteiger charge is 2.37. The summed E-state index contributed by atoms with van der Waals surface area (Å²) in [5, 5.41) is 8.01. The molecule has 166 valence electrons. The lowest BCUT2D eigenvalue weighted by atomic mass is 10.1. The number of hydrogen-bond acceptors (Lipinski definition) is 5. The number of amides is 4. The summed E-state index contributed by atoms with van der Waals surface area (Å²) in [7, 11) is 0. The minimum atomic E-state index is -0.594. The smallest absolute Gasteiger partial charge is 0.312 e. The van der Waals surface area contributed by atoms with Gasteiger partial charge in [0.25, 0.3) is 5.91 Å². The number of para-hydroxylation sites is 1. The number of hydrogen-bond donors (Lipinski definition) is 3. The Hall–Kier alpha value is -3.79. The molecule has 1 atom stereocenters. The Morgan fingerprint density at radius 2 is 1.78 bits per heavy atom. The third-order valence-electron chi connectivity index (χ3n) is 5.44. The molecule has 2 saturated heterocycles. The van der Waals surface area contributed by atoms with Crippen molar-refractivity contribution in [3.05, 3.63) is 59.9 Å². The van der Waals surface area contributed by atoms with Crippen LogP contribution in [-0.4, -0.2) is 72.2 Å². The van der Waals surface area contributed by atoms with Gasteiger partial charge in [-0.3, -0.25) is 24.1 Å². The van der Waals surface area contributed by atoms with Gasteiger partial charge in [-0.2, -0.15) is 0 Å². The minimum Gasteiger partial charge on any atom is -0.346 e. The Kier molecular flexibility index (Phi) is 6.13.